The molecule has 0 aliphatic rings. The van der Waals surface area contributed by atoms with Crippen LogP contribution in [-0.2, 0) is 17.8 Å². The van der Waals surface area contributed by atoms with Gasteiger partial charge in [0.15, 0.2) is 5.16 Å². The fraction of sp³-hybridized carbons (Fsp3) is 0.227. The number of hydrogen-bond acceptors (Lipinski definition) is 5. The lowest BCUT2D eigenvalue weighted by molar-refractivity contribution is -0.113. The minimum atomic E-state index is -0.230. The van der Waals surface area contributed by atoms with Crippen molar-refractivity contribution in [2.75, 3.05) is 17.7 Å². The first kappa shape index (κ1) is 25.7. The summed E-state index contributed by atoms with van der Waals surface area (Å²) in [7, 11) is 0. The Balaban J connectivity index is 1.54. The van der Waals surface area contributed by atoms with Crippen LogP contribution in [0, 0.1) is 0 Å². The summed E-state index contributed by atoms with van der Waals surface area (Å²) >= 11 is 25.4. The number of carbonyl (C=O) groups is 1. The molecule has 2 aromatic carbocycles. The molecule has 33 heavy (non-hydrogen) atoms. The van der Waals surface area contributed by atoms with E-state index in [0.29, 0.717) is 62.7 Å². The number of ether oxygens (including phenoxy) is 1. The quantitative estimate of drug-likeness (QED) is 0.162. The highest BCUT2D eigenvalue weighted by Gasteiger charge is 2.14. The number of aromatic nitrogens is 3. The normalized spacial score (nSPS) is 10.8. The molecule has 1 heterocycles. The minimum absolute atomic E-state index is 0.135. The first-order valence-electron chi connectivity index (χ1n) is 9.86. The monoisotopic (exact) mass is 544 g/mol. The summed E-state index contributed by atoms with van der Waals surface area (Å²) in [6.07, 6.45) is 3.09. The second-order valence-electron chi connectivity index (χ2n) is 6.79. The van der Waals surface area contributed by atoms with Gasteiger partial charge in [-0.05, 0) is 42.8 Å². The predicted molar refractivity (Wildman–Crippen MR) is 136 cm³/mol. The largest absolute Gasteiger partial charge is 0.492 e. The van der Waals surface area contributed by atoms with Crippen LogP contribution in [0.25, 0.3) is 0 Å². The molecule has 0 atom stereocenters. The molecule has 0 bridgehead atoms. The van der Waals surface area contributed by atoms with Gasteiger partial charge in [0, 0.05) is 23.0 Å². The molecule has 1 amide bonds. The zero-order valence-electron chi connectivity index (χ0n) is 17.4. The summed E-state index contributed by atoms with van der Waals surface area (Å²) in [5.74, 6) is 1.26. The molecule has 0 radical (unpaired) electrons. The van der Waals surface area contributed by atoms with Gasteiger partial charge in [-0.1, -0.05) is 64.2 Å². The van der Waals surface area contributed by atoms with Gasteiger partial charge in [-0.25, -0.2) is 0 Å². The van der Waals surface area contributed by atoms with Crippen LogP contribution in [0.3, 0.4) is 0 Å². The van der Waals surface area contributed by atoms with Gasteiger partial charge in [0.05, 0.1) is 28.1 Å². The zero-order chi connectivity index (χ0) is 23.8. The van der Waals surface area contributed by atoms with E-state index >= 15 is 0 Å². The Kier molecular flexibility index (Phi) is 9.77. The number of benzene rings is 2. The number of nitrogens with zero attached hydrogens (tertiary/aromatic N) is 3. The van der Waals surface area contributed by atoms with Gasteiger partial charge in [-0.3, -0.25) is 4.79 Å². The fourth-order valence-electron chi connectivity index (χ4n) is 2.84. The van der Waals surface area contributed by atoms with Crippen LogP contribution in [0.5, 0.6) is 5.75 Å². The SMILES string of the molecule is C=CCn1c(CCCOc2ccc(Cl)cc2Cl)nnc1SCC(=O)Nc1cc(Cl)ccc1Cl. The molecule has 0 aliphatic carbocycles. The molecule has 1 N–H and O–H groups in total. The smallest absolute Gasteiger partial charge is 0.234 e. The molecule has 0 spiro atoms. The van der Waals surface area contributed by atoms with Gasteiger partial charge >= 0.3 is 0 Å². The number of hydrogen-bond donors (Lipinski definition) is 1. The van der Waals surface area contributed by atoms with E-state index in [2.05, 4.69) is 22.1 Å². The lowest BCUT2D eigenvalue weighted by atomic mass is 10.3. The lowest BCUT2D eigenvalue weighted by Crippen LogP contribution is -2.15. The summed E-state index contributed by atoms with van der Waals surface area (Å²) in [6, 6.07) is 9.99. The van der Waals surface area contributed by atoms with Crippen LogP contribution in [0.15, 0.2) is 54.2 Å². The highest BCUT2D eigenvalue weighted by molar-refractivity contribution is 7.99. The number of nitrogens with one attached hydrogen (secondary N) is 1. The molecule has 11 heteroatoms. The van der Waals surface area contributed by atoms with Crippen molar-refractivity contribution in [2.45, 2.75) is 24.5 Å². The van der Waals surface area contributed by atoms with Gasteiger partial charge in [0.25, 0.3) is 0 Å². The first-order chi connectivity index (χ1) is 15.9. The molecule has 3 rings (SSSR count). The Bertz CT molecular complexity index is 1140. The van der Waals surface area contributed by atoms with Crippen molar-refractivity contribution < 1.29 is 9.53 Å². The Labute approximate surface area is 216 Å². The lowest BCUT2D eigenvalue weighted by Gasteiger charge is -2.10. The molecule has 0 unspecified atom stereocenters. The standard InChI is InChI=1S/C22H20Cl4N4O2S/c1-2-9-30-20(4-3-10-32-19-8-6-14(23)11-17(19)26)28-29-22(30)33-13-21(31)27-18-12-15(24)5-7-16(18)25/h2,5-8,11-12H,1,3-4,9-10,13H2,(H,27,31). The molecule has 1 aromatic heterocycles. The fourth-order valence-corrected chi connectivity index (χ4v) is 4.40. The molecule has 6 nitrogen and oxygen atoms in total. The maximum Gasteiger partial charge on any atom is 0.234 e. The third kappa shape index (κ3) is 7.55. The van der Waals surface area contributed by atoms with E-state index in [1.165, 1.54) is 11.8 Å². The third-order valence-corrected chi connectivity index (χ3v) is 6.40. The van der Waals surface area contributed by atoms with Crippen LogP contribution in [-0.4, -0.2) is 33.0 Å². The van der Waals surface area contributed by atoms with Crippen molar-refractivity contribution in [2.24, 2.45) is 0 Å². The highest BCUT2D eigenvalue weighted by Crippen LogP contribution is 2.28. The second-order valence-corrected chi connectivity index (χ2v) is 9.42. The highest BCUT2D eigenvalue weighted by atomic mass is 35.5. The summed E-state index contributed by atoms with van der Waals surface area (Å²) in [6.45, 7) is 4.77. The number of thioether (sulfide) groups is 1. The maximum absolute atomic E-state index is 12.4. The van der Waals surface area contributed by atoms with Gasteiger partial charge in [-0.2, -0.15) is 0 Å². The average molecular weight is 546 g/mol. The van der Waals surface area contributed by atoms with Gasteiger partial charge < -0.3 is 14.6 Å². The molecule has 0 saturated heterocycles. The summed E-state index contributed by atoms with van der Waals surface area (Å²) in [4.78, 5) is 12.4. The molecule has 3 aromatic rings. The van der Waals surface area contributed by atoms with Crippen LogP contribution in [0.2, 0.25) is 20.1 Å². The van der Waals surface area contributed by atoms with Crippen molar-refractivity contribution in [3.05, 3.63) is 75.0 Å². The van der Waals surface area contributed by atoms with Crippen molar-refractivity contribution >= 4 is 69.8 Å². The van der Waals surface area contributed by atoms with E-state index < -0.39 is 0 Å². The zero-order valence-corrected chi connectivity index (χ0v) is 21.2. The van der Waals surface area contributed by atoms with E-state index in [1.54, 1.807) is 42.5 Å². The average Bonchev–Trinajstić information content (AvgIpc) is 3.15. The van der Waals surface area contributed by atoms with Gasteiger partial charge in [-0.15, -0.1) is 16.8 Å². The third-order valence-electron chi connectivity index (χ3n) is 4.34. The van der Waals surface area contributed by atoms with Crippen LogP contribution in [0.4, 0.5) is 5.69 Å². The van der Waals surface area contributed by atoms with E-state index in [1.807, 2.05) is 4.57 Å². The van der Waals surface area contributed by atoms with Crippen LogP contribution < -0.4 is 10.1 Å². The summed E-state index contributed by atoms with van der Waals surface area (Å²) in [5.41, 5.74) is 0.462. The Morgan fingerprint density at radius 3 is 2.61 bits per heavy atom. The maximum atomic E-state index is 12.4. The van der Waals surface area contributed by atoms with Crippen molar-refractivity contribution in [3.63, 3.8) is 0 Å². The number of carbonyl (C=O) groups excluding carboxylic acids is 1. The Morgan fingerprint density at radius 2 is 1.85 bits per heavy atom. The molecular formula is C22H20Cl4N4O2S. The summed E-state index contributed by atoms with van der Waals surface area (Å²) in [5, 5.41) is 13.8. The van der Waals surface area contributed by atoms with Crippen LogP contribution >= 0.6 is 58.2 Å². The van der Waals surface area contributed by atoms with Crippen molar-refractivity contribution in [1.82, 2.24) is 14.8 Å². The van der Waals surface area contributed by atoms with Gasteiger partial charge in [0.1, 0.15) is 11.6 Å². The van der Waals surface area contributed by atoms with E-state index in [9.17, 15) is 4.79 Å². The molecule has 0 fully saturated rings. The first-order valence-corrected chi connectivity index (χ1v) is 12.4. The molecule has 0 aliphatic heterocycles. The second kappa shape index (κ2) is 12.5. The number of rotatable bonds is 11. The molecular weight excluding hydrogens is 526 g/mol. The number of halogens is 4. The van der Waals surface area contributed by atoms with Gasteiger partial charge in [0.2, 0.25) is 5.91 Å². The molecule has 0 saturated carbocycles. The van der Waals surface area contributed by atoms with Crippen LogP contribution in [0.1, 0.15) is 12.2 Å². The Morgan fingerprint density at radius 1 is 1.09 bits per heavy atom. The number of anilines is 1. The van der Waals surface area contributed by atoms with Crippen molar-refractivity contribution in [3.8, 4) is 5.75 Å². The number of amides is 1. The van der Waals surface area contributed by atoms with E-state index in [-0.39, 0.29) is 11.7 Å². The summed E-state index contributed by atoms with van der Waals surface area (Å²) < 4.78 is 7.65. The topological polar surface area (TPSA) is 69.0 Å². The molecule has 174 valence electrons. The van der Waals surface area contributed by atoms with E-state index in [0.717, 1.165) is 5.82 Å². The predicted octanol–water partition coefficient (Wildman–Crippen LogP) is 6.82. The van der Waals surface area contributed by atoms with E-state index in [4.69, 9.17) is 51.1 Å². The number of allylic oxidation sites excluding steroid dienone is 1. The van der Waals surface area contributed by atoms with Crippen molar-refractivity contribution in [1.29, 1.82) is 0 Å². The Hall–Kier alpha value is -1.90. The minimum Gasteiger partial charge on any atom is -0.492 e. The number of aryl methyl sites for hydroxylation is 1.